The molecule has 6 heteroatoms. The molecule has 0 bridgehead atoms. The molecule has 1 aromatic carbocycles. The first-order valence-electron chi connectivity index (χ1n) is 6.61. The standard InChI is InChI=1S/C14H18FN3O2/c1-10(2)18-13(14(19)20-17-18)9-16-8-7-11-5-3-4-6-12(11)15/h3-6,10,16H,7-9H2,1-2H3. The summed E-state index contributed by atoms with van der Waals surface area (Å²) >= 11 is 0. The summed E-state index contributed by atoms with van der Waals surface area (Å²) < 4.78 is 19.6. The van der Waals surface area contributed by atoms with E-state index in [0.29, 0.717) is 30.8 Å². The molecule has 0 aliphatic rings. The second-order valence-corrected chi connectivity index (χ2v) is 4.86. The Kier molecular flexibility index (Phi) is 4.68. The molecule has 1 N–H and O–H groups in total. The minimum absolute atomic E-state index is 0.0600. The maximum absolute atomic E-state index is 13.4. The number of nitrogens with zero attached hydrogens (tertiary/aromatic N) is 2. The van der Waals surface area contributed by atoms with E-state index in [1.54, 1.807) is 22.9 Å². The van der Waals surface area contributed by atoms with Crippen LogP contribution >= 0.6 is 0 Å². The van der Waals surface area contributed by atoms with Gasteiger partial charge in [0.2, 0.25) is 5.69 Å². The molecule has 0 aliphatic carbocycles. The molecule has 1 heterocycles. The average molecular weight is 279 g/mol. The quantitative estimate of drug-likeness (QED) is 0.635. The highest BCUT2D eigenvalue weighted by Crippen LogP contribution is 2.09. The van der Waals surface area contributed by atoms with Crippen molar-refractivity contribution in [2.24, 2.45) is 0 Å². The van der Waals surface area contributed by atoms with E-state index in [4.69, 9.17) is 0 Å². The van der Waals surface area contributed by atoms with Crippen molar-refractivity contribution in [2.75, 3.05) is 6.54 Å². The monoisotopic (exact) mass is 279 g/mol. The zero-order valence-corrected chi connectivity index (χ0v) is 11.6. The molecule has 5 nitrogen and oxygen atoms in total. The van der Waals surface area contributed by atoms with Crippen molar-refractivity contribution in [1.82, 2.24) is 10.6 Å². The predicted octanol–water partition coefficient (Wildman–Crippen LogP) is 1.09. The van der Waals surface area contributed by atoms with Crippen molar-refractivity contribution in [3.63, 3.8) is 0 Å². The van der Waals surface area contributed by atoms with Crippen LogP contribution in [0.15, 0.2) is 28.8 Å². The first kappa shape index (κ1) is 14.5. The van der Waals surface area contributed by atoms with Gasteiger partial charge in [0.15, 0.2) is 12.0 Å². The van der Waals surface area contributed by atoms with Crippen LogP contribution in [0.25, 0.3) is 0 Å². The molecular formula is C14H18FN3O2. The molecule has 0 spiro atoms. The van der Waals surface area contributed by atoms with Gasteiger partial charge in [0.1, 0.15) is 5.82 Å². The summed E-state index contributed by atoms with van der Waals surface area (Å²) in [4.78, 5) is 0. The highest BCUT2D eigenvalue weighted by molar-refractivity contribution is 5.17. The lowest BCUT2D eigenvalue weighted by Crippen LogP contribution is -2.43. The molecule has 0 fully saturated rings. The third kappa shape index (κ3) is 3.33. The van der Waals surface area contributed by atoms with E-state index in [2.05, 4.69) is 15.1 Å². The molecule has 0 radical (unpaired) electrons. The fourth-order valence-corrected chi connectivity index (χ4v) is 1.97. The van der Waals surface area contributed by atoms with Gasteiger partial charge in [0, 0.05) is 0 Å². The Morgan fingerprint density at radius 3 is 2.85 bits per heavy atom. The zero-order chi connectivity index (χ0) is 14.5. The topological polar surface area (TPSA) is 65.0 Å². The Bertz CT molecular complexity index is 569. The summed E-state index contributed by atoms with van der Waals surface area (Å²) in [5.74, 6) is -0.641. The molecular weight excluding hydrogens is 261 g/mol. The second-order valence-electron chi connectivity index (χ2n) is 4.86. The van der Waals surface area contributed by atoms with Gasteiger partial charge < -0.3 is 14.9 Å². The van der Waals surface area contributed by atoms with E-state index in [9.17, 15) is 9.50 Å². The van der Waals surface area contributed by atoms with Gasteiger partial charge in [-0.25, -0.2) is 4.39 Å². The third-order valence-corrected chi connectivity index (χ3v) is 3.03. The van der Waals surface area contributed by atoms with E-state index < -0.39 is 5.95 Å². The first-order valence-corrected chi connectivity index (χ1v) is 6.61. The van der Waals surface area contributed by atoms with Crippen LogP contribution in [0.2, 0.25) is 0 Å². The number of aromatic nitrogens is 2. The summed E-state index contributed by atoms with van der Waals surface area (Å²) in [6.45, 7) is 4.77. The lowest BCUT2D eigenvalue weighted by atomic mass is 10.1. The van der Waals surface area contributed by atoms with Crippen molar-refractivity contribution >= 4 is 0 Å². The summed E-state index contributed by atoms with van der Waals surface area (Å²) in [6, 6.07) is 6.73. The minimum atomic E-state index is -0.433. The fourth-order valence-electron chi connectivity index (χ4n) is 1.97. The van der Waals surface area contributed by atoms with Gasteiger partial charge in [-0.3, -0.25) is 0 Å². The van der Waals surface area contributed by atoms with Gasteiger partial charge in [-0.1, -0.05) is 22.9 Å². The minimum Gasteiger partial charge on any atom is -0.539 e. The van der Waals surface area contributed by atoms with Crippen molar-refractivity contribution in [3.8, 4) is 5.95 Å². The van der Waals surface area contributed by atoms with Crippen LogP contribution < -0.4 is 15.1 Å². The molecule has 0 aliphatic heterocycles. The largest absolute Gasteiger partial charge is 0.539 e. The molecule has 0 atom stereocenters. The van der Waals surface area contributed by atoms with Gasteiger partial charge >= 0.3 is 0 Å². The van der Waals surface area contributed by atoms with Crippen LogP contribution in [0.1, 0.15) is 31.1 Å². The van der Waals surface area contributed by atoms with Crippen LogP contribution in [0.4, 0.5) is 4.39 Å². The van der Waals surface area contributed by atoms with Crippen molar-refractivity contribution in [3.05, 3.63) is 41.3 Å². The average Bonchev–Trinajstić information content (AvgIpc) is 2.78. The van der Waals surface area contributed by atoms with Gasteiger partial charge in [-0.05, 0) is 38.4 Å². The Morgan fingerprint density at radius 1 is 1.40 bits per heavy atom. The van der Waals surface area contributed by atoms with Gasteiger partial charge in [-0.15, -0.1) is 0 Å². The van der Waals surface area contributed by atoms with Crippen molar-refractivity contribution in [1.29, 1.82) is 0 Å². The van der Waals surface area contributed by atoms with Gasteiger partial charge in [-0.2, -0.15) is 0 Å². The Labute approximate surface area is 117 Å². The number of nitrogens with one attached hydrogen (secondary N) is 1. The summed E-state index contributed by atoms with van der Waals surface area (Å²) in [7, 11) is 0. The maximum Gasteiger partial charge on any atom is 0.247 e. The van der Waals surface area contributed by atoms with Crippen molar-refractivity contribution in [2.45, 2.75) is 32.9 Å². The summed E-state index contributed by atoms with van der Waals surface area (Å²) in [5, 5.41) is 18.3. The van der Waals surface area contributed by atoms with Crippen LogP contribution in [-0.4, -0.2) is 11.8 Å². The van der Waals surface area contributed by atoms with E-state index in [0.717, 1.165) is 0 Å². The smallest absolute Gasteiger partial charge is 0.247 e. The highest BCUT2D eigenvalue weighted by atomic mass is 19.1. The molecule has 0 saturated carbocycles. The van der Waals surface area contributed by atoms with Gasteiger partial charge in [0.05, 0.1) is 11.8 Å². The van der Waals surface area contributed by atoms with E-state index in [-0.39, 0.29) is 11.9 Å². The molecule has 0 saturated heterocycles. The molecule has 108 valence electrons. The van der Waals surface area contributed by atoms with Crippen molar-refractivity contribution < 1.29 is 18.7 Å². The first-order chi connectivity index (χ1) is 9.59. The van der Waals surface area contributed by atoms with Crippen LogP contribution in [0, 0.1) is 5.82 Å². The SMILES string of the molecule is CC(C)[n+]1noc([O-])c1CNCCc1ccccc1F. The molecule has 0 unspecified atom stereocenters. The Balaban J connectivity index is 1.88. The predicted molar refractivity (Wildman–Crippen MR) is 68.3 cm³/mol. The lowest BCUT2D eigenvalue weighted by molar-refractivity contribution is -0.785. The van der Waals surface area contributed by atoms with Crippen LogP contribution in [0.3, 0.4) is 0 Å². The van der Waals surface area contributed by atoms with Gasteiger partial charge in [0.25, 0.3) is 0 Å². The lowest BCUT2D eigenvalue weighted by Gasteiger charge is -2.05. The van der Waals surface area contributed by atoms with E-state index in [1.807, 2.05) is 13.8 Å². The van der Waals surface area contributed by atoms with E-state index in [1.165, 1.54) is 6.07 Å². The third-order valence-electron chi connectivity index (χ3n) is 3.03. The number of hydrogen-bond donors (Lipinski definition) is 1. The molecule has 2 rings (SSSR count). The van der Waals surface area contributed by atoms with E-state index >= 15 is 0 Å². The number of benzene rings is 1. The highest BCUT2D eigenvalue weighted by Gasteiger charge is 2.19. The summed E-state index contributed by atoms with van der Waals surface area (Å²) in [5.41, 5.74) is 1.14. The van der Waals surface area contributed by atoms with Crippen LogP contribution in [0.5, 0.6) is 5.95 Å². The Morgan fingerprint density at radius 2 is 2.15 bits per heavy atom. The second kappa shape index (κ2) is 6.47. The van der Waals surface area contributed by atoms with Crippen LogP contribution in [-0.2, 0) is 13.0 Å². The Hall–Kier alpha value is -1.95. The number of hydrogen-bond acceptors (Lipinski definition) is 4. The normalized spacial score (nSPS) is 11.2. The molecule has 0 amide bonds. The zero-order valence-electron chi connectivity index (χ0n) is 11.6. The maximum atomic E-state index is 13.4. The number of rotatable bonds is 6. The summed E-state index contributed by atoms with van der Waals surface area (Å²) in [6.07, 6.45) is 0.563. The fraction of sp³-hybridized carbons (Fsp3) is 0.429. The molecule has 2 aromatic rings. The molecule has 1 aromatic heterocycles. The number of halogens is 1. The molecule has 20 heavy (non-hydrogen) atoms.